The zero-order valence-corrected chi connectivity index (χ0v) is 12.0. The standard InChI is InChI=1S/C15H14N2O3S/c18-14(9-11-6-8-21(19,20)10-11)17-13-5-1-3-12-4-2-7-16-15(12)13/h1-8,11H,9-10H2,(H,17,18). The third-order valence-electron chi connectivity index (χ3n) is 3.36. The van der Waals surface area contributed by atoms with Crippen molar-refractivity contribution in [3.8, 4) is 0 Å². The summed E-state index contributed by atoms with van der Waals surface area (Å²) in [6, 6.07) is 9.31. The molecule has 0 aliphatic carbocycles. The first-order chi connectivity index (χ1) is 10.0. The molecule has 21 heavy (non-hydrogen) atoms. The first-order valence-corrected chi connectivity index (χ1v) is 8.30. The van der Waals surface area contributed by atoms with Gasteiger partial charge in [-0.05, 0) is 12.1 Å². The van der Waals surface area contributed by atoms with Crippen LogP contribution in [0.4, 0.5) is 5.69 Å². The molecule has 2 heterocycles. The predicted octanol–water partition coefficient (Wildman–Crippen LogP) is 2.12. The van der Waals surface area contributed by atoms with Crippen LogP contribution in [-0.4, -0.2) is 25.1 Å². The van der Waals surface area contributed by atoms with Crippen LogP contribution in [0.1, 0.15) is 6.42 Å². The van der Waals surface area contributed by atoms with Gasteiger partial charge in [-0.3, -0.25) is 9.78 Å². The number of para-hydroxylation sites is 1. The van der Waals surface area contributed by atoms with Crippen LogP contribution in [0.2, 0.25) is 0 Å². The van der Waals surface area contributed by atoms with Gasteiger partial charge in [0.2, 0.25) is 5.91 Å². The molecular formula is C15H14N2O3S. The largest absolute Gasteiger partial charge is 0.324 e. The summed E-state index contributed by atoms with van der Waals surface area (Å²) in [7, 11) is -3.12. The number of hydrogen-bond acceptors (Lipinski definition) is 4. The number of hydrogen-bond donors (Lipinski definition) is 1. The van der Waals surface area contributed by atoms with E-state index in [2.05, 4.69) is 10.3 Å². The van der Waals surface area contributed by atoms with Gasteiger partial charge in [-0.1, -0.05) is 24.3 Å². The lowest BCUT2D eigenvalue weighted by Crippen LogP contribution is -2.17. The van der Waals surface area contributed by atoms with Crippen LogP contribution in [0.25, 0.3) is 10.9 Å². The second-order valence-corrected chi connectivity index (χ2v) is 6.98. The molecule has 2 aromatic rings. The molecule has 1 unspecified atom stereocenters. The average Bonchev–Trinajstić information content (AvgIpc) is 2.78. The van der Waals surface area contributed by atoms with E-state index in [1.54, 1.807) is 18.3 Å². The number of sulfone groups is 1. The molecule has 1 N–H and O–H groups in total. The fourth-order valence-electron chi connectivity index (χ4n) is 2.41. The van der Waals surface area contributed by atoms with E-state index in [0.29, 0.717) is 5.69 Å². The molecule has 0 saturated carbocycles. The minimum atomic E-state index is -3.12. The molecule has 1 aliphatic heterocycles. The third-order valence-corrected chi connectivity index (χ3v) is 4.82. The van der Waals surface area contributed by atoms with Gasteiger partial charge in [0.25, 0.3) is 0 Å². The molecule has 0 spiro atoms. The number of rotatable bonds is 3. The number of pyridine rings is 1. The van der Waals surface area contributed by atoms with Gasteiger partial charge in [0, 0.05) is 29.3 Å². The minimum absolute atomic E-state index is 0.00814. The molecule has 0 radical (unpaired) electrons. The van der Waals surface area contributed by atoms with Crippen LogP contribution in [0, 0.1) is 5.92 Å². The number of aromatic nitrogens is 1. The first-order valence-electron chi connectivity index (χ1n) is 6.58. The lowest BCUT2D eigenvalue weighted by atomic mass is 10.1. The van der Waals surface area contributed by atoms with Gasteiger partial charge in [0.15, 0.2) is 9.84 Å². The molecule has 108 valence electrons. The smallest absolute Gasteiger partial charge is 0.225 e. The van der Waals surface area contributed by atoms with Crippen LogP contribution in [-0.2, 0) is 14.6 Å². The summed E-state index contributed by atoms with van der Waals surface area (Å²) in [5.74, 6) is -0.452. The average molecular weight is 302 g/mol. The molecule has 3 rings (SSSR count). The number of allylic oxidation sites excluding steroid dienone is 1. The summed E-state index contributed by atoms with van der Waals surface area (Å²) in [6.07, 6.45) is 3.40. The van der Waals surface area contributed by atoms with Crippen molar-refractivity contribution in [2.45, 2.75) is 6.42 Å². The van der Waals surface area contributed by atoms with Gasteiger partial charge >= 0.3 is 0 Å². The minimum Gasteiger partial charge on any atom is -0.324 e. The van der Waals surface area contributed by atoms with E-state index >= 15 is 0 Å². The van der Waals surface area contributed by atoms with Gasteiger partial charge in [-0.15, -0.1) is 0 Å². The molecule has 1 aromatic carbocycles. The van der Waals surface area contributed by atoms with Crippen molar-refractivity contribution in [3.05, 3.63) is 48.0 Å². The Morgan fingerprint density at radius 2 is 2.10 bits per heavy atom. The van der Waals surface area contributed by atoms with E-state index in [9.17, 15) is 13.2 Å². The maximum atomic E-state index is 12.1. The zero-order chi connectivity index (χ0) is 14.9. The zero-order valence-electron chi connectivity index (χ0n) is 11.2. The fourth-order valence-corrected chi connectivity index (χ4v) is 3.81. The monoisotopic (exact) mass is 302 g/mol. The Morgan fingerprint density at radius 1 is 1.29 bits per heavy atom. The van der Waals surface area contributed by atoms with Crippen LogP contribution < -0.4 is 5.32 Å². The van der Waals surface area contributed by atoms with Crippen molar-refractivity contribution in [2.24, 2.45) is 5.92 Å². The molecule has 0 saturated heterocycles. The van der Waals surface area contributed by atoms with E-state index in [1.165, 1.54) is 5.41 Å². The number of carbonyl (C=O) groups is 1. The van der Waals surface area contributed by atoms with Crippen LogP contribution in [0.3, 0.4) is 0 Å². The summed E-state index contributed by atoms with van der Waals surface area (Å²) in [5.41, 5.74) is 1.37. The summed E-state index contributed by atoms with van der Waals surface area (Å²) in [5, 5.41) is 4.94. The van der Waals surface area contributed by atoms with Crippen LogP contribution >= 0.6 is 0 Å². The molecule has 0 bridgehead atoms. The Balaban J connectivity index is 1.74. The Morgan fingerprint density at radius 3 is 2.86 bits per heavy atom. The number of anilines is 1. The number of amides is 1. The maximum absolute atomic E-state index is 12.1. The molecular weight excluding hydrogens is 288 g/mol. The summed E-state index contributed by atoms with van der Waals surface area (Å²) in [4.78, 5) is 16.3. The van der Waals surface area contributed by atoms with Gasteiger partial charge in [0.05, 0.1) is 17.0 Å². The van der Waals surface area contributed by atoms with E-state index < -0.39 is 9.84 Å². The predicted molar refractivity (Wildman–Crippen MR) is 81.4 cm³/mol. The number of benzene rings is 1. The lowest BCUT2D eigenvalue weighted by Gasteiger charge is -2.10. The Kier molecular flexibility index (Phi) is 3.47. The molecule has 0 fully saturated rings. The highest BCUT2D eigenvalue weighted by atomic mass is 32.2. The number of nitrogens with one attached hydrogen (secondary N) is 1. The topological polar surface area (TPSA) is 76.1 Å². The van der Waals surface area contributed by atoms with E-state index in [1.807, 2.05) is 24.3 Å². The molecule has 1 atom stereocenters. The third kappa shape index (κ3) is 3.11. The lowest BCUT2D eigenvalue weighted by molar-refractivity contribution is -0.116. The van der Waals surface area contributed by atoms with Crippen molar-refractivity contribution in [2.75, 3.05) is 11.1 Å². The quantitative estimate of drug-likeness (QED) is 0.942. The molecule has 1 amide bonds. The van der Waals surface area contributed by atoms with E-state index in [0.717, 1.165) is 10.9 Å². The fraction of sp³-hybridized carbons (Fsp3) is 0.200. The number of nitrogens with zero attached hydrogens (tertiary/aromatic N) is 1. The van der Waals surface area contributed by atoms with Crippen molar-refractivity contribution in [1.82, 2.24) is 4.98 Å². The highest BCUT2D eigenvalue weighted by Gasteiger charge is 2.24. The summed E-state index contributed by atoms with van der Waals surface area (Å²) >= 11 is 0. The van der Waals surface area contributed by atoms with Crippen molar-refractivity contribution < 1.29 is 13.2 Å². The van der Waals surface area contributed by atoms with Crippen LogP contribution in [0.5, 0.6) is 0 Å². The van der Waals surface area contributed by atoms with Crippen molar-refractivity contribution >= 4 is 32.3 Å². The van der Waals surface area contributed by atoms with Gasteiger partial charge in [-0.2, -0.15) is 0 Å². The first kappa shape index (κ1) is 13.8. The van der Waals surface area contributed by atoms with E-state index in [-0.39, 0.29) is 24.0 Å². The van der Waals surface area contributed by atoms with Crippen molar-refractivity contribution in [1.29, 1.82) is 0 Å². The highest BCUT2D eigenvalue weighted by Crippen LogP contribution is 2.22. The molecule has 5 nitrogen and oxygen atoms in total. The summed E-state index contributed by atoms with van der Waals surface area (Å²) < 4.78 is 22.7. The SMILES string of the molecule is O=C(CC1C=CS(=O)(=O)C1)Nc1cccc2cccnc12. The van der Waals surface area contributed by atoms with Gasteiger partial charge < -0.3 is 5.32 Å². The maximum Gasteiger partial charge on any atom is 0.225 e. The number of fused-ring (bicyclic) bond motifs is 1. The van der Waals surface area contributed by atoms with Crippen LogP contribution in [0.15, 0.2) is 48.0 Å². The highest BCUT2D eigenvalue weighted by molar-refractivity contribution is 7.94. The Hall–Kier alpha value is -2.21. The normalized spacial score (nSPS) is 19.7. The Labute approximate surface area is 122 Å². The van der Waals surface area contributed by atoms with Gasteiger partial charge in [-0.25, -0.2) is 8.42 Å². The molecule has 6 heteroatoms. The second-order valence-electron chi connectivity index (χ2n) is 5.05. The van der Waals surface area contributed by atoms with Crippen molar-refractivity contribution in [3.63, 3.8) is 0 Å². The number of carbonyl (C=O) groups excluding carboxylic acids is 1. The second kappa shape index (κ2) is 5.29. The van der Waals surface area contributed by atoms with E-state index in [4.69, 9.17) is 0 Å². The molecule has 1 aliphatic rings. The summed E-state index contributed by atoms with van der Waals surface area (Å²) in [6.45, 7) is 0. The molecule has 1 aromatic heterocycles. The Bertz CT molecular complexity index is 822. The van der Waals surface area contributed by atoms with Gasteiger partial charge in [0.1, 0.15) is 0 Å².